The van der Waals surface area contributed by atoms with Crippen molar-refractivity contribution in [1.29, 1.82) is 0 Å². The molecular weight excluding hydrogens is 395 g/mol. The minimum atomic E-state index is -4.64. The third-order valence-corrected chi connectivity index (χ3v) is 4.42. The van der Waals surface area contributed by atoms with Gasteiger partial charge in [-0.1, -0.05) is 0 Å². The lowest BCUT2D eigenvalue weighted by molar-refractivity contribution is -0.385. The van der Waals surface area contributed by atoms with E-state index in [2.05, 4.69) is 20.5 Å². The highest BCUT2D eigenvalue weighted by Gasteiger charge is 2.37. The molecule has 10 nitrogen and oxygen atoms in total. The highest BCUT2D eigenvalue weighted by atomic mass is 19.4. The Morgan fingerprint density at radius 1 is 1.34 bits per heavy atom. The lowest BCUT2D eigenvalue weighted by atomic mass is 10.2. The number of hydrogen-bond acceptors (Lipinski definition) is 6. The highest BCUT2D eigenvalue weighted by molar-refractivity contribution is 5.93. The quantitative estimate of drug-likeness (QED) is 0.492. The predicted octanol–water partition coefficient (Wildman–Crippen LogP) is 2.16. The second-order valence-electron chi connectivity index (χ2n) is 6.61. The normalized spacial score (nSPS) is 14.3. The molecule has 0 radical (unpaired) electrons. The lowest BCUT2D eigenvalue weighted by Crippen LogP contribution is -2.27. The van der Waals surface area contributed by atoms with Crippen LogP contribution in [0.1, 0.15) is 40.6 Å². The number of aromatic nitrogens is 5. The molecule has 0 bridgehead atoms. The van der Waals surface area contributed by atoms with Crippen LogP contribution in [0.5, 0.6) is 0 Å². The van der Waals surface area contributed by atoms with Gasteiger partial charge in [-0.25, -0.2) is 9.50 Å². The zero-order valence-corrected chi connectivity index (χ0v) is 14.8. The number of halogens is 3. The molecule has 0 aromatic carbocycles. The van der Waals surface area contributed by atoms with E-state index in [1.54, 1.807) is 0 Å². The molecule has 0 atom stereocenters. The van der Waals surface area contributed by atoms with Crippen molar-refractivity contribution in [2.24, 2.45) is 0 Å². The van der Waals surface area contributed by atoms with Crippen molar-refractivity contribution in [2.75, 3.05) is 6.54 Å². The number of hydrogen-bond donors (Lipinski definition) is 1. The van der Waals surface area contributed by atoms with Gasteiger partial charge < -0.3 is 5.32 Å². The average Bonchev–Trinajstić information content (AvgIpc) is 3.23. The number of amides is 1. The van der Waals surface area contributed by atoms with Crippen molar-refractivity contribution in [3.05, 3.63) is 51.7 Å². The molecule has 1 aliphatic carbocycles. The molecular formula is C16H14F3N7O3. The Morgan fingerprint density at radius 2 is 2.10 bits per heavy atom. The maximum atomic E-state index is 13.4. The molecule has 1 aliphatic rings. The second-order valence-corrected chi connectivity index (χ2v) is 6.61. The van der Waals surface area contributed by atoms with Crippen LogP contribution in [0.15, 0.2) is 24.5 Å². The summed E-state index contributed by atoms with van der Waals surface area (Å²) in [5, 5.41) is 20.7. The number of fused-ring (bicyclic) bond motifs is 1. The molecule has 1 amide bonds. The molecule has 29 heavy (non-hydrogen) atoms. The summed E-state index contributed by atoms with van der Waals surface area (Å²) in [7, 11) is 0. The van der Waals surface area contributed by atoms with Gasteiger partial charge in [0.2, 0.25) is 0 Å². The van der Waals surface area contributed by atoms with Gasteiger partial charge in [0.25, 0.3) is 5.91 Å². The van der Waals surface area contributed by atoms with Gasteiger partial charge in [0.15, 0.2) is 11.3 Å². The van der Waals surface area contributed by atoms with Crippen LogP contribution in [0.25, 0.3) is 5.65 Å². The van der Waals surface area contributed by atoms with Crippen molar-refractivity contribution >= 4 is 17.2 Å². The van der Waals surface area contributed by atoms with Gasteiger partial charge in [-0.05, 0) is 18.9 Å². The van der Waals surface area contributed by atoms with E-state index >= 15 is 0 Å². The third kappa shape index (κ3) is 3.88. The molecule has 3 aromatic rings. The largest absolute Gasteiger partial charge is 0.433 e. The van der Waals surface area contributed by atoms with Crippen LogP contribution >= 0.6 is 0 Å². The van der Waals surface area contributed by atoms with Gasteiger partial charge in [0, 0.05) is 24.2 Å². The zero-order valence-electron chi connectivity index (χ0n) is 14.8. The number of alkyl halides is 3. The monoisotopic (exact) mass is 409 g/mol. The minimum Gasteiger partial charge on any atom is -0.349 e. The second kappa shape index (κ2) is 6.83. The molecule has 152 valence electrons. The Kier molecular flexibility index (Phi) is 4.43. The Labute approximate surface area is 160 Å². The first kappa shape index (κ1) is 18.8. The third-order valence-electron chi connectivity index (χ3n) is 4.42. The van der Waals surface area contributed by atoms with Crippen LogP contribution in [0.2, 0.25) is 0 Å². The lowest BCUT2D eigenvalue weighted by Gasteiger charge is -2.10. The van der Waals surface area contributed by atoms with Crippen molar-refractivity contribution in [2.45, 2.75) is 31.5 Å². The molecule has 0 unspecified atom stereocenters. The summed E-state index contributed by atoms with van der Waals surface area (Å²) >= 11 is 0. The van der Waals surface area contributed by atoms with Gasteiger partial charge in [-0.15, -0.1) is 0 Å². The van der Waals surface area contributed by atoms with Crippen molar-refractivity contribution in [3.63, 3.8) is 0 Å². The van der Waals surface area contributed by atoms with Crippen LogP contribution in [-0.4, -0.2) is 41.8 Å². The van der Waals surface area contributed by atoms with Crippen molar-refractivity contribution in [3.8, 4) is 0 Å². The van der Waals surface area contributed by atoms with Gasteiger partial charge in [0.05, 0.1) is 11.5 Å². The maximum absolute atomic E-state index is 13.4. The summed E-state index contributed by atoms with van der Waals surface area (Å²) in [6.45, 7) is 0.198. The Hall–Kier alpha value is -3.51. The number of carbonyl (C=O) groups is 1. The topological polar surface area (TPSA) is 120 Å². The van der Waals surface area contributed by atoms with E-state index in [1.807, 2.05) is 0 Å². The van der Waals surface area contributed by atoms with Crippen LogP contribution in [0, 0.1) is 10.1 Å². The summed E-state index contributed by atoms with van der Waals surface area (Å²) < 4.78 is 42.1. The summed E-state index contributed by atoms with van der Waals surface area (Å²) in [5.74, 6) is -0.676. The first-order chi connectivity index (χ1) is 13.7. The summed E-state index contributed by atoms with van der Waals surface area (Å²) in [4.78, 5) is 26.5. The molecule has 0 spiro atoms. The fraction of sp³-hybridized carbons (Fsp3) is 0.375. The molecule has 13 heteroatoms. The van der Waals surface area contributed by atoms with Gasteiger partial charge in [0.1, 0.15) is 18.1 Å². The summed E-state index contributed by atoms with van der Waals surface area (Å²) in [6.07, 6.45) is -0.789. The molecule has 3 aromatic heterocycles. The minimum absolute atomic E-state index is 0.00593. The number of nitro groups is 1. The fourth-order valence-corrected chi connectivity index (χ4v) is 2.84. The molecule has 0 saturated heterocycles. The Bertz CT molecular complexity index is 1100. The van der Waals surface area contributed by atoms with E-state index in [9.17, 15) is 28.1 Å². The van der Waals surface area contributed by atoms with E-state index in [4.69, 9.17) is 0 Å². The smallest absolute Gasteiger partial charge is 0.349 e. The van der Waals surface area contributed by atoms with Gasteiger partial charge >= 0.3 is 11.9 Å². The summed E-state index contributed by atoms with van der Waals surface area (Å²) in [5.41, 5.74) is -1.07. The molecule has 3 heterocycles. The van der Waals surface area contributed by atoms with Crippen LogP contribution in [0.4, 0.5) is 18.9 Å². The van der Waals surface area contributed by atoms with E-state index in [0.29, 0.717) is 10.2 Å². The van der Waals surface area contributed by atoms with Crippen molar-refractivity contribution in [1.82, 2.24) is 29.7 Å². The van der Waals surface area contributed by atoms with Crippen LogP contribution in [0.3, 0.4) is 0 Å². The molecule has 0 aliphatic heterocycles. The zero-order chi connectivity index (χ0) is 20.8. The van der Waals surface area contributed by atoms with Gasteiger partial charge in [-0.2, -0.15) is 23.4 Å². The molecule has 1 saturated carbocycles. The first-order valence-electron chi connectivity index (χ1n) is 8.65. The maximum Gasteiger partial charge on any atom is 0.433 e. The SMILES string of the molecule is O=C(NCCn1cc([N+](=O)[O-])cn1)c1cc2nc(C3CC3)cc(C(F)(F)F)n2n1. The van der Waals surface area contributed by atoms with E-state index in [-0.39, 0.29) is 36.0 Å². The Morgan fingerprint density at radius 3 is 2.72 bits per heavy atom. The predicted molar refractivity (Wildman–Crippen MR) is 91.2 cm³/mol. The number of carbonyl (C=O) groups excluding carboxylic acids is 1. The van der Waals surface area contributed by atoms with E-state index in [1.165, 1.54) is 16.9 Å². The van der Waals surface area contributed by atoms with Crippen LogP contribution in [-0.2, 0) is 12.7 Å². The molecule has 4 rings (SSSR count). The highest BCUT2D eigenvalue weighted by Crippen LogP contribution is 2.41. The number of rotatable bonds is 6. The van der Waals surface area contributed by atoms with Crippen LogP contribution < -0.4 is 5.32 Å². The fourth-order valence-electron chi connectivity index (χ4n) is 2.84. The van der Waals surface area contributed by atoms with Gasteiger partial charge in [-0.3, -0.25) is 19.6 Å². The standard InChI is InChI=1S/C16H14F3N7O3/c17-16(18,19)13-5-11(9-1-2-9)22-14-6-12(23-25(13)14)15(27)20-3-4-24-8-10(7-21-24)26(28)29/h5-9H,1-4H2,(H,20,27). The Balaban J connectivity index is 1.50. The molecule has 1 N–H and O–H groups in total. The van der Waals surface area contributed by atoms with Crippen molar-refractivity contribution < 1.29 is 22.9 Å². The number of nitrogens with zero attached hydrogens (tertiary/aromatic N) is 6. The average molecular weight is 409 g/mol. The number of nitrogens with one attached hydrogen (secondary N) is 1. The summed E-state index contributed by atoms with van der Waals surface area (Å²) in [6, 6.07) is 2.18. The molecule has 1 fully saturated rings. The first-order valence-corrected chi connectivity index (χ1v) is 8.65. The van der Waals surface area contributed by atoms with E-state index in [0.717, 1.165) is 25.1 Å². The van der Waals surface area contributed by atoms with E-state index < -0.39 is 22.7 Å².